The summed E-state index contributed by atoms with van der Waals surface area (Å²) in [6, 6.07) is 0. The quantitative estimate of drug-likeness (QED) is 0.0591. The first-order valence-electron chi connectivity index (χ1n) is 11.2. The Morgan fingerprint density at radius 3 is 0.838 bits per heavy atom. The molecule has 0 aliphatic carbocycles. The van der Waals surface area contributed by atoms with E-state index in [-0.39, 0.29) is 26.4 Å². The maximum atomic E-state index is 11.8. The first kappa shape index (κ1) is 35.8. The van der Waals surface area contributed by atoms with Crippen LogP contribution in [0.1, 0.15) is 27.7 Å². The van der Waals surface area contributed by atoms with E-state index in [0.717, 1.165) is 0 Å². The second kappa shape index (κ2) is 19.8. The van der Waals surface area contributed by atoms with Crippen molar-refractivity contribution in [3.05, 3.63) is 48.6 Å². The summed E-state index contributed by atoms with van der Waals surface area (Å²) >= 11 is 0. The van der Waals surface area contributed by atoms with Gasteiger partial charge >= 0.3 is 237 Å². The summed E-state index contributed by atoms with van der Waals surface area (Å²) in [7, 11) is 3.84. The Morgan fingerprint density at radius 2 is 0.676 bits per heavy atom. The second-order valence-corrected chi connectivity index (χ2v) is 40.5. The van der Waals surface area contributed by atoms with E-state index in [1.807, 2.05) is 0 Å². The van der Waals surface area contributed by atoms with E-state index in [0.29, 0.717) is 45.3 Å². The fourth-order valence-electron chi connectivity index (χ4n) is 1.95. The number of ether oxygens (including phenoxy) is 4. The number of carbonyl (C=O) groups is 4. The van der Waals surface area contributed by atoms with E-state index in [2.05, 4.69) is 26.3 Å². The zero-order valence-corrected chi connectivity index (χ0v) is 27.2. The molecule has 0 N–H and O–H groups in total. The summed E-state index contributed by atoms with van der Waals surface area (Å²) in [5.41, 5.74) is 1.31. The molecule has 0 aromatic heterocycles. The Morgan fingerprint density at radius 1 is 0.486 bits per heavy atom. The van der Waals surface area contributed by atoms with Gasteiger partial charge in [-0.15, -0.1) is 0 Å². The molecule has 0 bridgehead atoms. The molecule has 208 valence electrons. The molecular formula is C24H36GeO8S4. The van der Waals surface area contributed by atoms with Gasteiger partial charge in [0.1, 0.15) is 0 Å². The normalized spacial score (nSPS) is 10.7. The van der Waals surface area contributed by atoms with E-state index >= 15 is 0 Å². The molecule has 0 aliphatic rings. The molecule has 0 aliphatic heterocycles. The fraction of sp³-hybridized carbons (Fsp3) is 0.500. The van der Waals surface area contributed by atoms with Gasteiger partial charge in [0.05, 0.1) is 0 Å². The van der Waals surface area contributed by atoms with Crippen molar-refractivity contribution < 1.29 is 38.1 Å². The zero-order valence-electron chi connectivity index (χ0n) is 21.9. The van der Waals surface area contributed by atoms with Gasteiger partial charge in [0.25, 0.3) is 0 Å². The SMILES string of the molecule is C=C(C)C(=O)OCC[S][Ge]([S]CCOC(=O)C(=C)C)([S]CCOC(=O)C(=C)C)[S]CCOC(=O)C(=C)C. The number of carbonyl (C=O) groups excluding carboxylic acids is 4. The molecule has 0 aromatic rings. The van der Waals surface area contributed by atoms with Crippen molar-refractivity contribution in [2.75, 3.05) is 49.4 Å². The van der Waals surface area contributed by atoms with Crippen LogP contribution in [0.5, 0.6) is 0 Å². The standard InChI is InChI=1S/C24H36GeO8S4/c1-17(2)21(26)30-9-13-34-25(35-14-10-31-22(27)18(3)4,36-15-11-32-23(28)19(5)6)37-16-12-33-24(29)20(7)8/h1,3,5,7,9-16H2,2,4,6,8H3. The number of esters is 4. The Balaban J connectivity index is 5.37. The molecule has 0 saturated heterocycles. The molecule has 13 heteroatoms. The average molecular weight is 653 g/mol. The summed E-state index contributed by atoms with van der Waals surface area (Å²) in [5.74, 6) is 0.411. The van der Waals surface area contributed by atoms with Gasteiger partial charge in [-0.2, -0.15) is 0 Å². The third kappa shape index (κ3) is 17.1. The predicted octanol–water partition coefficient (Wildman–Crippen LogP) is 4.83. The van der Waals surface area contributed by atoms with Crippen LogP contribution in [0.2, 0.25) is 0 Å². The van der Waals surface area contributed by atoms with Crippen LogP contribution in [0.25, 0.3) is 0 Å². The number of hydrogen-bond acceptors (Lipinski definition) is 12. The van der Waals surface area contributed by atoms with Crippen molar-refractivity contribution >= 4 is 72.9 Å². The first-order chi connectivity index (χ1) is 17.3. The van der Waals surface area contributed by atoms with Gasteiger partial charge in [-0.25, -0.2) is 0 Å². The Kier molecular flexibility index (Phi) is 19.1. The number of hydrogen-bond donors (Lipinski definition) is 0. The van der Waals surface area contributed by atoms with Crippen LogP contribution in [-0.4, -0.2) is 82.0 Å². The topological polar surface area (TPSA) is 105 Å². The molecular weight excluding hydrogens is 617 g/mol. The van der Waals surface area contributed by atoms with Crippen LogP contribution < -0.4 is 0 Å². The van der Waals surface area contributed by atoms with E-state index in [9.17, 15) is 19.2 Å². The van der Waals surface area contributed by atoms with Crippen molar-refractivity contribution in [3.63, 3.8) is 0 Å². The molecule has 37 heavy (non-hydrogen) atoms. The van der Waals surface area contributed by atoms with Gasteiger partial charge in [0.15, 0.2) is 0 Å². The molecule has 0 radical (unpaired) electrons. The van der Waals surface area contributed by atoms with Crippen LogP contribution in [0.3, 0.4) is 0 Å². The Labute approximate surface area is 235 Å². The molecule has 0 aromatic carbocycles. The van der Waals surface area contributed by atoms with E-state index in [1.54, 1.807) is 68.0 Å². The van der Waals surface area contributed by atoms with Gasteiger partial charge in [-0.1, -0.05) is 0 Å². The molecule has 0 fully saturated rings. The summed E-state index contributed by atoms with van der Waals surface area (Å²) in [6.07, 6.45) is 0. The van der Waals surface area contributed by atoms with E-state index in [4.69, 9.17) is 18.9 Å². The van der Waals surface area contributed by atoms with Crippen molar-refractivity contribution in [3.8, 4) is 0 Å². The Hall–Kier alpha value is -1.22. The van der Waals surface area contributed by atoms with Crippen LogP contribution in [-0.2, 0) is 38.1 Å². The second-order valence-electron chi connectivity index (χ2n) is 7.56. The van der Waals surface area contributed by atoms with Gasteiger partial charge in [-0.05, 0) is 0 Å². The van der Waals surface area contributed by atoms with Crippen LogP contribution in [0, 0.1) is 0 Å². The molecule has 0 unspecified atom stereocenters. The average Bonchev–Trinajstić information content (AvgIpc) is 2.83. The fourth-order valence-corrected chi connectivity index (χ4v) is 39.0. The van der Waals surface area contributed by atoms with Crippen molar-refractivity contribution in [2.24, 2.45) is 0 Å². The zero-order chi connectivity index (χ0) is 28.4. The van der Waals surface area contributed by atoms with Crippen LogP contribution in [0.4, 0.5) is 0 Å². The van der Waals surface area contributed by atoms with Crippen LogP contribution >= 0.6 is 40.3 Å². The molecule has 0 saturated carbocycles. The van der Waals surface area contributed by atoms with Crippen LogP contribution in [0.15, 0.2) is 48.6 Å². The summed E-state index contributed by atoms with van der Waals surface area (Å²) in [4.78, 5) is 47.0. The van der Waals surface area contributed by atoms with Gasteiger partial charge < -0.3 is 0 Å². The number of rotatable bonds is 20. The minimum atomic E-state index is -3.01. The van der Waals surface area contributed by atoms with Crippen molar-refractivity contribution in [1.82, 2.24) is 0 Å². The molecule has 0 heterocycles. The van der Waals surface area contributed by atoms with Gasteiger partial charge in [0.2, 0.25) is 0 Å². The van der Waals surface area contributed by atoms with Gasteiger partial charge in [0, 0.05) is 0 Å². The molecule has 0 rings (SSSR count). The Bertz CT molecular complexity index is 733. The molecule has 0 spiro atoms. The molecule has 0 amide bonds. The summed E-state index contributed by atoms with van der Waals surface area (Å²) in [6.45, 7) is 21.6. The summed E-state index contributed by atoms with van der Waals surface area (Å²) in [5, 5.41) is 0. The maximum absolute atomic E-state index is 11.8. The predicted molar refractivity (Wildman–Crippen MR) is 159 cm³/mol. The summed E-state index contributed by atoms with van der Waals surface area (Å²) < 4.78 is 21.0. The van der Waals surface area contributed by atoms with E-state index < -0.39 is 32.6 Å². The first-order valence-corrected chi connectivity index (χ1v) is 25.4. The van der Waals surface area contributed by atoms with Gasteiger partial charge in [-0.3, -0.25) is 0 Å². The third-order valence-corrected chi connectivity index (χ3v) is 42.8. The minimum absolute atomic E-state index is 0.213. The van der Waals surface area contributed by atoms with Crippen molar-refractivity contribution in [1.29, 1.82) is 0 Å². The molecule has 8 nitrogen and oxygen atoms in total. The monoisotopic (exact) mass is 654 g/mol. The molecule has 0 atom stereocenters. The van der Waals surface area contributed by atoms with Crippen molar-refractivity contribution in [2.45, 2.75) is 27.7 Å². The third-order valence-electron chi connectivity index (χ3n) is 3.78. The van der Waals surface area contributed by atoms with E-state index in [1.165, 1.54) is 0 Å².